The maximum absolute atomic E-state index is 12.1. The lowest BCUT2D eigenvalue weighted by atomic mass is 9.89. The lowest BCUT2D eigenvalue weighted by Gasteiger charge is -2.21. The number of carbonyl (C=O) groups excluding carboxylic acids is 1. The number of benzene rings is 1. The number of aryl methyl sites for hydroxylation is 1. The summed E-state index contributed by atoms with van der Waals surface area (Å²) in [6.45, 7) is 2.74. The molecule has 0 radical (unpaired) electrons. The Morgan fingerprint density at radius 2 is 2.05 bits per heavy atom. The number of carbonyl (C=O) groups is 1. The third-order valence-electron chi connectivity index (χ3n) is 3.92. The van der Waals surface area contributed by atoms with Gasteiger partial charge in [0.25, 0.3) is 5.91 Å². The molecule has 1 aromatic carbocycles. The van der Waals surface area contributed by atoms with E-state index in [4.69, 9.17) is 5.84 Å². The highest BCUT2D eigenvalue weighted by Gasteiger charge is 2.15. The van der Waals surface area contributed by atoms with Crippen molar-refractivity contribution in [2.75, 3.05) is 12.0 Å². The molecule has 4 nitrogen and oxygen atoms in total. The second kappa shape index (κ2) is 6.57. The van der Waals surface area contributed by atoms with Gasteiger partial charge in [-0.15, -0.1) is 0 Å². The molecule has 1 saturated carbocycles. The summed E-state index contributed by atoms with van der Waals surface area (Å²) in [5.74, 6) is 6.05. The van der Waals surface area contributed by atoms with Crippen LogP contribution in [0.2, 0.25) is 0 Å². The Kier molecular flexibility index (Phi) is 4.80. The van der Waals surface area contributed by atoms with Crippen LogP contribution in [0.3, 0.4) is 0 Å². The lowest BCUT2D eigenvalue weighted by molar-refractivity contribution is 0.0943. The molecule has 0 saturated heterocycles. The molecule has 1 aliphatic rings. The fourth-order valence-electron chi connectivity index (χ4n) is 2.70. The van der Waals surface area contributed by atoms with Gasteiger partial charge in [-0.25, -0.2) is 0 Å². The Morgan fingerprint density at radius 3 is 2.68 bits per heavy atom. The minimum absolute atomic E-state index is 0.0113. The van der Waals surface area contributed by atoms with Gasteiger partial charge in [0.05, 0.1) is 5.69 Å². The predicted octanol–water partition coefficient (Wildman–Crippen LogP) is 2.59. The first-order chi connectivity index (χ1) is 9.20. The van der Waals surface area contributed by atoms with Crippen LogP contribution in [-0.2, 0) is 0 Å². The van der Waals surface area contributed by atoms with Gasteiger partial charge in [-0.1, -0.05) is 19.3 Å². The van der Waals surface area contributed by atoms with Crippen LogP contribution in [0.5, 0.6) is 0 Å². The molecule has 1 aliphatic carbocycles. The minimum Gasteiger partial charge on any atom is -0.352 e. The molecule has 2 rings (SSSR count). The summed E-state index contributed by atoms with van der Waals surface area (Å²) in [5.41, 5.74) is 5.14. The number of amides is 1. The number of nitrogen functional groups attached to an aromatic ring is 1. The fraction of sp³-hybridized carbons (Fsp3) is 0.533. The first-order valence-corrected chi connectivity index (χ1v) is 7.06. The Bertz CT molecular complexity index is 439. The van der Waals surface area contributed by atoms with E-state index >= 15 is 0 Å². The topological polar surface area (TPSA) is 67.2 Å². The average Bonchev–Trinajstić information content (AvgIpc) is 2.45. The van der Waals surface area contributed by atoms with Crippen LogP contribution >= 0.6 is 0 Å². The summed E-state index contributed by atoms with van der Waals surface area (Å²) in [6.07, 6.45) is 6.44. The van der Waals surface area contributed by atoms with Gasteiger partial charge in [-0.05, 0) is 49.4 Å². The molecule has 0 aromatic heterocycles. The minimum atomic E-state index is 0.0113. The first kappa shape index (κ1) is 13.9. The zero-order valence-electron chi connectivity index (χ0n) is 11.5. The van der Waals surface area contributed by atoms with Crippen molar-refractivity contribution in [2.24, 2.45) is 11.8 Å². The van der Waals surface area contributed by atoms with Gasteiger partial charge in [0.2, 0.25) is 0 Å². The first-order valence-electron chi connectivity index (χ1n) is 7.06. The number of hydrogen-bond acceptors (Lipinski definition) is 3. The molecule has 0 heterocycles. The quantitative estimate of drug-likeness (QED) is 0.576. The number of hydrogen-bond donors (Lipinski definition) is 3. The maximum Gasteiger partial charge on any atom is 0.251 e. The highest BCUT2D eigenvalue weighted by Crippen LogP contribution is 2.23. The van der Waals surface area contributed by atoms with E-state index in [1.165, 1.54) is 32.1 Å². The molecule has 1 fully saturated rings. The normalized spacial score (nSPS) is 16.1. The highest BCUT2D eigenvalue weighted by molar-refractivity contribution is 5.94. The predicted molar refractivity (Wildman–Crippen MR) is 77.9 cm³/mol. The molecule has 0 atom stereocenters. The molecule has 0 unspecified atom stereocenters. The summed E-state index contributed by atoms with van der Waals surface area (Å²) >= 11 is 0. The van der Waals surface area contributed by atoms with E-state index in [1.54, 1.807) is 6.07 Å². The van der Waals surface area contributed by atoms with Gasteiger partial charge in [0.1, 0.15) is 0 Å². The summed E-state index contributed by atoms with van der Waals surface area (Å²) in [4.78, 5) is 12.1. The monoisotopic (exact) mass is 261 g/mol. The van der Waals surface area contributed by atoms with E-state index < -0.39 is 0 Å². The van der Waals surface area contributed by atoms with Gasteiger partial charge in [0.15, 0.2) is 0 Å². The number of nitrogens with two attached hydrogens (primary N) is 1. The van der Waals surface area contributed by atoms with Gasteiger partial charge in [-0.3, -0.25) is 10.6 Å². The Labute approximate surface area is 114 Å². The van der Waals surface area contributed by atoms with Crippen molar-refractivity contribution in [2.45, 2.75) is 39.0 Å². The Hall–Kier alpha value is -1.55. The second-order valence-electron chi connectivity index (χ2n) is 5.39. The molecular formula is C15H23N3O. The standard InChI is InChI=1S/C15H23N3O/c1-11-9-13(7-8-14(11)18-16)15(19)17-10-12-5-3-2-4-6-12/h7-9,12,18H,2-6,10,16H2,1H3,(H,17,19). The van der Waals surface area contributed by atoms with Crippen LogP contribution in [0, 0.1) is 12.8 Å². The number of hydrazine groups is 1. The SMILES string of the molecule is Cc1cc(C(=O)NCC2CCCCC2)ccc1NN. The largest absolute Gasteiger partial charge is 0.352 e. The van der Waals surface area contributed by atoms with E-state index in [0.29, 0.717) is 11.5 Å². The smallest absolute Gasteiger partial charge is 0.251 e. The second-order valence-corrected chi connectivity index (χ2v) is 5.39. The van der Waals surface area contributed by atoms with Crippen molar-refractivity contribution in [3.05, 3.63) is 29.3 Å². The average molecular weight is 261 g/mol. The third-order valence-corrected chi connectivity index (χ3v) is 3.92. The zero-order chi connectivity index (χ0) is 13.7. The molecule has 0 bridgehead atoms. The van der Waals surface area contributed by atoms with Crippen molar-refractivity contribution >= 4 is 11.6 Å². The molecule has 0 spiro atoms. The number of anilines is 1. The Morgan fingerprint density at radius 1 is 1.32 bits per heavy atom. The van der Waals surface area contributed by atoms with Gasteiger partial charge in [-0.2, -0.15) is 0 Å². The van der Waals surface area contributed by atoms with Gasteiger partial charge >= 0.3 is 0 Å². The molecule has 1 amide bonds. The molecule has 4 heteroatoms. The Balaban J connectivity index is 1.90. The van der Waals surface area contributed by atoms with Crippen molar-refractivity contribution in [3.8, 4) is 0 Å². The van der Waals surface area contributed by atoms with E-state index in [2.05, 4.69) is 10.7 Å². The van der Waals surface area contributed by atoms with E-state index in [1.807, 2.05) is 19.1 Å². The molecule has 19 heavy (non-hydrogen) atoms. The third kappa shape index (κ3) is 3.70. The molecular weight excluding hydrogens is 238 g/mol. The van der Waals surface area contributed by atoms with Crippen molar-refractivity contribution in [1.29, 1.82) is 0 Å². The highest BCUT2D eigenvalue weighted by atomic mass is 16.1. The summed E-state index contributed by atoms with van der Waals surface area (Å²) in [7, 11) is 0. The summed E-state index contributed by atoms with van der Waals surface area (Å²) in [5, 5.41) is 3.04. The van der Waals surface area contributed by atoms with E-state index in [9.17, 15) is 4.79 Å². The van der Waals surface area contributed by atoms with Gasteiger partial charge in [0, 0.05) is 12.1 Å². The zero-order valence-corrected chi connectivity index (χ0v) is 11.5. The summed E-state index contributed by atoms with van der Waals surface area (Å²) in [6, 6.07) is 5.51. The van der Waals surface area contributed by atoms with Crippen LogP contribution in [-0.4, -0.2) is 12.5 Å². The summed E-state index contributed by atoms with van der Waals surface area (Å²) < 4.78 is 0. The van der Waals surface area contributed by atoms with E-state index in [0.717, 1.165) is 17.8 Å². The van der Waals surface area contributed by atoms with Crippen LogP contribution in [0.25, 0.3) is 0 Å². The lowest BCUT2D eigenvalue weighted by Crippen LogP contribution is -2.30. The van der Waals surface area contributed by atoms with Crippen LogP contribution in [0.15, 0.2) is 18.2 Å². The van der Waals surface area contributed by atoms with Crippen LogP contribution < -0.4 is 16.6 Å². The van der Waals surface area contributed by atoms with Gasteiger partial charge < -0.3 is 10.7 Å². The fourth-order valence-corrected chi connectivity index (χ4v) is 2.70. The van der Waals surface area contributed by atoms with Crippen molar-refractivity contribution in [3.63, 3.8) is 0 Å². The van der Waals surface area contributed by atoms with Crippen LogP contribution in [0.1, 0.15) is 48.0 Å². The van der Waals surface area contributed by atoms with E-state index in [-0.39, 0.29) is 5.91 Å². The number of nitrogens with one attached hydrogen (secondary N) is 2. The molecule has 104 valence electrons. The van der Waals surface area contributed by atoms with Crippen LogP contribution in [0.4, 0.5) is 5.69 Å². The van der Waals surface area contributed by atoms with Crippen molar-refractivity contribution in [1.82, 2.24) is 5.32 Å². The van der Waals surface area contributed by atoms with Crippen molar-refractivity contribution < 1.29 is 4.79 Å². The maximum atomic E-state index is 12.1. The molecule has 1 aromatic rings. The molecule has 4 N–H and O–H groups in total. The number of rotatable bonds is 4. The molecule has 0 aliphatic heterocycles.